The van der Waals surface area contributed by atoms with Crippen LogP contribution < -0.4 is 20.8 Å². The number of carboxylic acids is 1. The molecule has 1 atom stereocenters. The molecular formula is C20H22NO6S-. The number of amides is 1. The molecule has 0 saturated carbocycles. The molecular weight excluding hydrogens is 382 g/mol. The Morgan fingerprint density at radius 3 is 2.79 bits per heavy atom. The summed E-state index contributed by atoms with van der Waals surface area (Å²) in [6.45, 7) is 1.50. The summed E-state index contributed by atoms with van der Waals surface area (Å²) in [6, 6.07) is 2.51. The monoisotopic (exact) mass is 404 g/mol. The number of thioether (sulfide) groups is 1. The molecule has 0 unspecified atom stereocenters. The van der Waals surface area contributed by atoms with E-state index in [9.17, 15) is 19.5 Å². The number of aryl methyl sites for hydroxylation is 2. The van der Waals surface area contributed by atoms with Gasteiger partial charge < -0.3 is 24.4 Å². The summed E-state index contributed by atoms with van der Waals surface area (Å²) in [4.78, 5) is 35.5. The van der Waals surface area contributed by atoms with Gasteiger partial charge in [0.25, 0.3) is 5.91 Å². The largest absolute Gasteiger partial charge is 0.548 e. The van der Waals surface area contributed by atoms with E-state index in [1.54, 1.807) is 12.1 Å². The lowest BCUT2D eigenvalue weighted by molar-refractivity contribution is -0.308. The van der Waals surface area contributed by atoms with Crippen LogP contribution in [0.25, 0.3) is 11.0 Å². The highest BCUT2D eigenvalue weighted by Gasteiger charge is 2.23. The summed E-state index contributed by atoms with van der Waals surface area (Å²) in [7, 11) is 0. The third-order valence-electron chi connectivity index (χ3n) is 4.77. The van der Waals surface area contributed by atoms with Crippen LogP contribution >= 0.6 is 11.8 Å². The quantitative estimate of drug-likeness (QED) is 0.653. The van der Waals surface area contributed by atoms with Crippen molar-refractivity contribution < 1.29 is 23.8 Å². The Morgan fingerprint density at radius 2 is 2.07 bits per heavy atom. The molecule has 1 amide bonds. The molecule has 0 aliphatic heterocycles. The maximum Gasteiger partial charge on any atom is 0.339 e. The van der Waals surface area contributed by atoms with Gasteiger partial charge in [0.15, 0.2) is 6.61 Å². The van der Waals surface area contributed by atoms with E-state index < -0.39 is 17.9 Å². The first kappa shape index (κ1) is 20.3. The maximum atomic E-state index is 12.2. The number of hydrogen-bond acceptors (Lipinski definition) is 7. The van der Waals surface area contributed by atoms with Crippen molar-refractivity contribution in [3.63, 3.8) is 0 Å². The van der Waals surface area contributed by atoms with Crippen molar-refractivity contribution in [3.05, 3.63) is 39.2 Å². The van der Waals surface area contributed by atoms with Crippen LogP contribution in [0.15, 0.2) is 21.3 Å². The van der Waals surface area contributed by atoms with Gasteiger partial charge in [-0.25, -0.2) is 4.79 Å². The molecule has 1 N–H and O–H groups in total. The Balaban J connectivity index is 1.81. The second-order valence-electron chi connectivity index (χ2n) is 6.85. The second kappa shape index (κ2) is 8.68. The smallest absolute Gasteiger partial charge is 0.339 e. The van der Waals surface area contributed by atoms with Crippen molar-refractivity contribution in [1.29, 1.82) is 0 Å². The highest BCUT2D eigenvalue weighted by atomic mass is 32.2. The van der Waals surface area contributed by atoms with E-state index in [2.05, 4.69) is 5.32 Å². The molecule has 0 fully saturated rings. The predicted molar refractivity (Wildman–Crippen MR) is 105 cm³/mol. The van der Waals surface area contributed by atoms with Gasteiger partial charge in [0.05, 0.1) is 17.4 Å². The zero-order valence-corrected chi connectivity index (χ0v) is 16.6. The summed E-state index contributed by atoms with van der Waals surface area (Å²) in [6.07, 6.45) is 4.43. The van der Waals surface area contributed by atoms with Crippen molar-refractivity contribution in [2.75, 3.05) is 18.6 Å². The molecule has 28 heavy (non-hydrogen) atoms. The number of fused-ring (bicyclic) bond motifs is 3. The van der Waals surface area contributed by atoms with Gasteiger partial charge in [-0.2, -0.15) is 11.8 Å². The van der Waals surface area contributed by atoms with Gasteiger partial charge in [0.1, 0.15) is 11.3 Å². The third-order valence-corrected chi connectivity index (χ3v) is 5.41. The van der Waals surface area contributed by atoms with E-state index in [-0.39, 0.29) is 18.7 Å². The fraction of sp³-hybridized carbons (Fsp3) is 0.450. The zero-order valence-electron chi connectivity index (χ0n) is 15.8. The Morgan fingerprint density at radius 1 is 1.32 bits per heavy atom. The third kappa shape index (κ3) is 4.32. The van der Waals surface area contributed by atoms with Crippen LogP contribution in [-0.2, 0) is 22.4 Å². The van der Waals surface area contributed by atoms with Gasteiger partial charge in [-0.1, -0.05) is 0 Å². The highest BCUT2D eigenvalue weighted by Crippen LogP contribution is 2.35. The first-order valence-electron chi connectivity index (χ1n) is 9.12. The fourth-order valence-corrected chi connectivity index (χ4v) is 3.95. The molecule has 8 heteroatoms. The van der Waals surface area contributed by atoms with Gasteiger partial charge in [0, 0.05) is 5.56 Å². The summed E-state index contributed by atoms with van der Waals surface area (Å²) in [5.74, 6) is -0.809. The summed E-state index contributed by atoms with van der Waals surface area (Å²) in [5, 5.41) is 14.3. The number of rotatable bonds is 8. The number of aliphatic carboxylic acids is 1. The molecule has 1 aliphatic carbocycles. The Kier molecular flexibility index (Phi) is 6.28. The van der Waals surface area contributed by atoms with Crippen molar-refractivity contribution in [2.45, 2.75) is 38.6 Å². The molecule has 0 radical (unpaired) electrons. The van der Waals surface area contributed by atoms with Gasteiger partial charge in [-0.05, 0) is 67.9 Å². The molecule has 1 aromatic heterocycles. The number of carboxylic acid groups (broad SMARTS) is 1. The van der Waals surface area contributed by atoms with E-state index in [0.717, 1.165) is 24.0 Å². The van der Waals surface area contributed by atoms with Crippen molar-refractivity contribution in [1.82, 2.24) is 5.32 Å². The average Bonchev–Trinajstić information content (AvgIpc) is 3.13. The van der Waals surface area contributed by atoms with E-state index in [1.807, 2.05) is 13.2 Å². The SMILES string of the molecule is CSCC[C@H](NC(=O)COc1cc(C)cc2oc(=O)c3c(c12)CCC3)C(=O)[O-]. The van der Waals surface area contributed by atoms with Gasteiger partial charge >= 0.3 is 5.63 Å². The standard InChI is InChI=1S/C20H23NO6S/c1-11-8-15(26-10-17(22)21-14(19(23)24)6-7-28-2)18-12-4-3-5-13(12)20(25)27-16(18)9-11/h8-9,14H,3-7,10H2,1-2H3,(H,21,22)(H,23,24)/p-1/t14-/m0/s1. The number of hydrogen-bond donors (Lipinski definition) is 1. The number of carbonyl (C=O) groups excluding carboxylic acids is 2. The molecule has 3 rings (SSSR count). The van der Waals surface area contributed by atoms with Crippen LogP contribution in [0.5, 0.6) is 5.75 Å². The van der Waals surface area contributed by atoms with Crippen molar-refractivity contribution in [3.8, 4) is 5.75 Å². The molecule has 0 spiro atoms. The lowest BCUT2D eigenvalue weighted by atomic mass is 10.0. The minimum Gasteiger partial charge on any atom is -0.548 e. The first-order valence-corrected chi connectivity index (χ1v) is 10.5. The number of carbonyl (C=O) groups is 2. The maximum absolute atomic E-state index is 12.2. The summed E-state index contributed by atoms with van der Waals surface area (Å²) in [5.41, 5.74) is 2.53. The first-order chi connectivity index (χ1) is 13.4. The topological polar surface area (TPSA) is 109 Å². The normalized spacial score (nSPS) is 13.9. The lowest BCUT2D eigenvalue weighted by Crippen LogP contribution is -2.49. The second-order valence-corrected chi connectivity index (χ2v) is 7.83. The fourth-order valence-electron chi connectivity index (χ4n) is 3.48. The Bertz CT molecular complexity index is 967. The predicted octanol–water partition coefficient (Wildman–Crippen LogP) is 0.957. The average molecular weight is 404 g/mol. The molecule has 2 aromatic rings. The number of benzene rings is 1. The molecule has 7 nitrogen and oxygen atoms in total. The number of nitrogens with one attached hydrogen (secondary N) is 1. The summed E-state index contributed by atoms with van der Waals surface area (Å²) < 4.78 is 11.2. The van der Waals surface area contributed by atoms with Crippen LogP contribution in [0.2, 0.25) is 0 Å². The molecule has 1 heterocycles. The van der Waals surface area contributed by atoms with Crippen LogP contribution in [0.1, 0.15) is 29.5 Å². The van der Waals surface area contributed by atoms with Gasteiger partial charge in [0.2, 0.25) is 0 Å². The Hall–Kier alpha value is -2.48. The molecule has 0 bridgehead atoms. The minimum absolute atomic E-state index is 0.279. The van der Waals surface area contributed by atoms with E-state index in [4.69, 9.17) is 9.15 Å². The van der Waals surface area contributed by atoms with Gasteiger partial charge in [-0.15, -0.1) is 0 Å². The molecule has 0 saturated heterocycles. The Labute approximate surface area is 166 Å². The highest BCUT2D eigenvalue weighted by molar-refractivity contribution is 7.98. The van der Waals surface area contributed by atoms with Crippen molar-refractivity contribution in [2.24, 2.45) is 0 Å². The summed E-state index contributed by atoms with van der Waals surface area (Å²) >= 11 is 1.49. The number of ether oxygens (including phenoxy) is 1. The van der Waals surface area contributed by atoms with Crippen molar-refractivity contribution >= 4 is 34.6 Å². The molecule has 1 aliphatic rings. The van der Waals surface area contributed by atoms with Gasteiger partial charge in [-0.3, -0.25) is 4.79 Å². The van der Waals surface area contributed by atoms with E-state index in [0.29, 0.717) is 34.5 Å². The lowest BCUT2D eigenvalue weighted by Gasteiger charge is -2.19. The zero-order chi connectivity index (χ0) is 20.3. The van der Waals surface area contributed by atoms with Crippen LogP contribution in [-0.4, -0.2) is 36.5 Å². The van der Waals surface area contributed by atoms with Crippen LogP contribution in [0.4, 0.5) is 0 Å². The van der Waals surface area contributed by atoms with Crippen LogP contribution in [0.3, 0.4) is 0 Å². The molecule has 150 valence electrons. The minimum atomic E-state index is -1.32. The molecule has 1 aromatic carbocycles. The van der Waals surface area contributed by atoms with Crippen LogP contribution in [0, 0.1) is 6.92 Å². The van der Waals surface area contributed by atoms with E-state index >= 15 is 0 Å². The van der Waals surface area contributed by atoms with E-state index in [1.165, 1.54) is 11.8 Å².